The second kappa shape index (κ2) is 12.6. The molecule has 3 aromatic rings. The van der Waals surface area contributed by atoms with E-state index in [1.807, 2.05) is 39.9 Å². The summed E-state index contributed by atoms with van der Waals surface area (Å²) in [5.41, 5.74) is 9.13. The fourth-order valence-corrected chi connectivity index (χ4v) is 6.83. The standard InChI is InChI=1S/C34H41N9O/c1-22-5-12-31(39-28-20-38-43(21-28)29-13-15-42(16-14-29)23(2)44)37-19-26-10-11-30-33(32(22)26)34(41(4)40-30)25-8-6-24(7-9-25)27(17-35)18-36-3/h6-9,17-22,27,29,35H,5,10-16H2,1-4H3. The van der Waals surface area contributed by atoms with Gasteiger partial charge in [-0.3, -0.25) is 19.2 Å². The van der Waals surface area contributed by atoms with Gasteiger partial charge in [0, 0.05) is 70.3 Å². The third-order valence-electron chi connectivity index (χ3n) is 9.22. The fraction of sp³-hybridized carbons (Fsp3) is 0.441. The third-order valence-corrected chi connectivity index (χ3v) is 9.22. The van der Waals surface area contributed by atoms with Crippen LogP contribution in [0.3, 0.4) is 0 Å². The van der Waals surface area contributed by atoms with Crippen molar-refractivity contribution in [1.29, 1.82) is 5.41 Å². The number of piperidine rings is 1. The Labute approximate surface area is 258 Å². The highest BCUT2D eigenvalue weighted by Gasteiger charge is 2.30. The number of amidine groups is 1. The molecule has 44 heavy (non-hydrogen) atoms. The summed E-state index contributed by atoms with van der Waals surface area (Å²) in [7, 11) is 3.77. The van der Waals surface area contributed by atoms with Crippen LogP contribution in [0.1, 0.15) is 74.7 Å². The van der Waals surface area contributed by atoms with Gasteiger partial charge in [-0.05, 0) is 54.7 Å². The van der Waals surface area contributed by atoms with Crippen molar-refractivity contribution in [1.82, 2.24) is 24.5 Å². The Morgan fingerprint density at radius 3 is 2.59 bits per heavy atom. The van der Waals surface area contributed by atoms with E-state index in [0.717, 1.165) is 85.7 Å². The fourth-order valence-electron chi connectivity index (χ4n) is 6.83. The number of amides is 1. The zero-order valence-electron chi connectivity index (χ0n) is 26.1. The number of aryl methyl sites for hydroxylation is 2. The minimum atomic E-state index is -0.123. The molecule has 0 radical (unpaired) electrons. The molecule has 4 heterocycles. The molecule has 0 spiro atoms. The Kier molecular flexibility index (Phi) is 8.50. The molecule has 228 valence electrons. The molecule has 10 heteroatoms. The second-order valence-electron chi connectivity index (χ2n) is 12.1. The van der Waals surface area contributed by atoms with E-state index in [1.54, 1.807) is 20.2 Å². The lowest BCUT2D eigenvalue weighted by molar-refractivity contribution is -0.130. The molecule has 2 aliphatic heterocycles. The summed E-state index contributed by atoms with van der Waals surface area (Å²) in [6.45, 7) is 5.49. The van der Waals surface area contributed by atoms with Crippen LogP contribution in [-0.4, -0.2) is 75.0 Å². The lowest BCUT2D eigenvalue weighted by Crippen LogP contribution is -2.37. The monoisotopic (exact) mass is 591 g/mol. The van der Waals surface area contributed by atoms with Gasteiger partial charge in [0.1, 0.15) is 11.5 Å². The molecule has 1 fully saturated rings. The predicted octanol–water partition coefficient (Wildman–Crippen LogP) is 5.83. The number of nitrogens with zero attached hydrogens (tertiary/aromatic N) is 8. The summed E-state index contributed by atoms with van der Waals surface area (Å²) < 4.78 is 4.03. The van der Waals surface area contributed by atoms with Crippen LogP contribution in [0, 0.1) is 11.3 Å². The molecule has 0 saturated carbocycles. The minimum absolute atomic E-state index is 0.123. The number of carbonyl (C=O) groups excluding carboxylic acids is 1. The first-order valence-corrected chi connectivity index (χ1v) is 15.6. The first kappa shape index (κ1) is 29.6. The van der Waals surface area contributed by atoms with Crippen molar-refractivity contribution >= 4 is 41.6 Å². The maximum atomic E-state index is 11.7. The quantitative estimate of drug-likeness (QED) is 0.364. The summed E-state index contributed by atoms with van der Waals surface area (Å²) in [5.74, 6) is 1.17. The smallest absolute Gasteiger partial charge is 0.219 e. The van der Waals surface area contributed by atoms with Gasteiger partial charge in [0.15, 0.2) is 0 Å². The number of aliphatic imine (C=N–C) groups is 3. The molecule has 1 amide bonds. The highest BCUT2D eigenvalue weighted by molar-refractivity contribution is 6.03. The van der Waals surface area contributed by atoms with Crippen LogP contribution in [0.2, 0.25) is 0 Å². The highest BCUT2D eigenvalue weighted by atomic mass is 16.2. The summed E-state index contributed by atoms with van der Waals surface area (Å²) in [5, 5.41) is 17.4. The van der Waals surface area contributed by atoms with Crippen molar-refractivity contribution in [2.24, 2.45) is 27.9 Å². The van der Waals surface area contributed by atoms with E-state index >= 15 is 0 Å². The highest BCUT2D eigenvalue weighted by Crippen LogP contribution is 2.43. The molecule has 2 unspecified atom stereocenters. The van der Waals surface area contributed by atoms with Gasteiger partial charge in [-0.2, -0.15) is 10.2 Å². The van der Waals surface area contributed by atoms with Gasteiger partial charge in [-0.1, -0.05) is 31.2 Å². The number of hydrogen-bond acceptors (Lipinski definition) is 6. The van der Waals surface area contributed by atoms with Gasteiger partial charge in [-0.25, -0.2) is 9.98 Å². The van der Waals surface area contributed by atoms with E-state index in [1.165, 1.54) is 22.9 Å². The summed E-state index contributed by atoms with van der Waals surface area (Å²) >= 11 is 0. The molecular weight excluding hydrogens is 550 g/mol. The lowest BCUT2D eigenvalue weighted by atomic mass is 9.79. The summed E-state index contributed by atoms with van der Waals surface area (Å²) in [6, 6.07) is 8.75. The van der Waals surface area contributed by atoms with Crippen molar-refractivity contribution in [3.8, 4) is 11.3 Å². The van der Waals surface area contributed by atoms with E-state index < -0.39 is 0 Å². The number of hydrogen-bond donors (Lipinski definition) is 1. The number of rotatable bonds is 6. The van der Waals surface area contributed by atoms with Crippen molar-refractivity contribution < 1.29 is 4.79 Å². The predicted molar refractivity (Wildman–Crippen MR) is 177 cm³/mol. The van der Waals surface area contributed by atoms with Gasteiger partial charge in [0.05, 0.1) is 35.7 Å². The van der Waals surface area contributed by atoms with E-state index in [2.05, 4.69) is 41.3 Å². The van der Waals surface area contributed by atoms with E-state index in [0.29, 0.717) is 5.92 Å². The van der Waals surface area contributed by atoms with Crippen molar-refractivity contribution in [2.45, 2.75) is 64.3 Å². The van der Waals surface area contributed by atoms with Crippen LogP contribution in [-0.2, 0) is 18.3 Å². The molecule has 3 aliphatic rings. The minimum Gasteiger partial charge on any atom is -0.343 e. The third kappa shape index (κ3) is 5.85. The first-order valence-electron chi connectivity index (χ1n) is 15.6. The number of benzene rings is 1. The topological polar surface area (TPSA) is 117 Å². The molecule has 1 aromatic carbocycles. The van der Waals surface area contributed by atoms with E-state index in [-0.39, 0.29) is 17.9 Å². The summed E-state index contributed by atoms with van der Waals surface area (Å²) in [4.78, 5) is 27.5. The van der Waals surface area contributed by atoms with Gasteiger partial charge in [0.2, 0.25) is 5.91 Å². The van der Waals surface area contributed by atoms with Crippen molar-refractivity contribution in [3.05, 3.63) is 59.1 Å². The Balaban J connectivity index is 1.26. The molecule has 2 aromatic heterocycles. The Morgan fingerprint density at radius 1 is 1.11 bits per heavy atom. The normalized spacial score (nSPS) is 20.9. The zero-order valence-corrected chi connectivity index (χ0v) is 26.1. The molecule has 1 N–H and O–H groups in total. The average molecular weight is 592 g/mol. The lowest BCUT2D eigenvalue weighted by Gasteiger charge is -2.31. The maximum absolute atomic E-state index is 11.7. The molecule has 2 atom stereocenters. The largest absolute Gasteiger partial charge is 0.343 e. The number of fused-ring (bicyclic) bond motifs is 2. The Hall–Kier alpha value is -4.47. The van der Waals surface area contributed by atoms with Crippen molar-refractivity contribution in [2.75, 3.05) is 20.1 Å². The van der Waals surface area contributed by atoms with Crippen LogP contribution in [0.25, 0.3) is 16.8 Å². The summed E-state index contributed by atoms with van der Waals surface area (Å²) in [6.07, 6.45) is 14.4. The SMILES string of the molecule is CN=CC(C=N)c1ccc(-c2c3c(nn2C)CCC2=C3C(C)CCC(=Nc3cnn(C4CCN(C(C)=O)CC4)c3)N=C2)cc1. The molecule has 0 bridgehead atoms. The molecule has 1 aliphatic carbocycles. The van der Waals surface area contributed by atoms with Crippen LogP contribution >= 0.6 is 0 Å². The zero-order chi connectivity index (χ0) is 30.8. The number of aromatic nitrogens is 4. The average Bonchev–Trinajstić information content (AvgIpc) is 3.63. The van der Waals surface area contributed by atoms with Crippen LogP contribution in [0.5, 0.6) is 0 Å². The van der Waals surface area contributed by atoms with Gasteiger partial charge >= 0.3 is 0 Å². The Bertz CT molecular complexity index is 1660. The Morgan fingerprint density at radius 2 is 1.89 bits per heavy atom. The van der Waals surface area contributed by atoms with Crippen molar-refractivity contribution in [3.63, 3.8) is 0 Å². The van der Waals surface area contributed by atoms with Crippen LogP contribution < -0.4 is 0 Å². The molecule has 10 nitrogen and oxygen atoms in total. The van der Waals surface area contributed by atoms with Gasteiger partial charge in [0.25, 0.3) is 0 Å². The molecule has 1 saturated heterocycles. The number of likely N-dealkylation sites (tertiary alicyclic amines) is 1. The van der Waals surface area contributed by atoms with Crippen LogP contribution in [0.15, 0.2) is 57.2 Å². The molecular formula is C34H41N9O. The first-order chi connectivity index (χ1) is 21.4. The molecule has 6 rings (SSSR count). The second-order valence-corrected chi connectivity index (χ2v) is 12.1. The number of carbonyl (C=O) groups is 1. The van der Waals surface area contributed by atoms with Gasteiger partial charge in [-0.15, -0.1) is 0 Å². The van der Waals surface area contributed by atoms with Crippen LogP contribution in [0.4, 0.5) is 5.69 Å². The number of allylic oxidation sites excluding steroid dienone is 2. The van der Waals surface area contributed by atoms with E-state index in [9.17, 15) is 4.79 Å². The van der Waals surface area contributed by atoms with Gasteiger partial charge < -0.3 is 10.3 Å². The number of nitrogens with one attached hydrogen (secondary N) is 1. The van der Waals surface area contributed by atoms with E-state index in [4.69, 9.17) is 20.5 Å². The maximum Gasteiger partial charge on any atom is 0.219 e.